The second kappa shape index (κ2) is 12.0. The van der Waals surface area contributed by atoms with Crippen LogP contribution in [0.15, 0.2) is 60.7 Å². The lowest BCUT2D eigenvalue weighted by atomic mass is 9.77. The number of benzene rings is 3. The summed E-state index contributed by atoms with van der Waals surface area (Å²) < 4.78 is 60.2. The highest BCUT2D eigenvalue weighted by Gasteiger charge is 2.37. The quantitative estimate of drug-likeness (QED) is 0.216. The summed E-state index contributed by atoms with van der Waals surface area (Å²) in [5.41, 5.74) is 2.72. The predicted octanol–water partition coefficient (Wildman–Crippen LogP) is 10.2. The van der Waals surface area contributed by atoms with Crippen LogP contribution in [-0.4, -0.2) is 6.61 Å². The summed E-state index contributed by atoms with van der Waals surface area (Å²) in [5.74, 6) is -0.249. The monoisotopic (exact) mass is 510 g/mol. The summed E-state index contributed by atoms with van der Waals surface area (Å²) in [6.45, 7) is 3.94. The Morgan fingerprint density at radius 1 is 0.811 bits per heavy atom. The Morgan fingerprint density at radius 3 is 2.00 bits per heavy atom. The number of ether oxygens (including phenoxy) is 1. The van der Waals surface area contributed by atoms with Crippen LogP contribution in [0, 0.1) is 11.7 Å². The van der Waals surface area contributed by atoms with Crippen LogP contribution < -0.4 is 4.74 Å². The molecule has 5 heteroatoms. The number of alkyl halides is 3. The van der Waals surface area contributed by atoms with E-state index < -0.39 is 23.3 Å². The Balaban J connectivity index is 1.45. The first-order valence-corrected chi connectivity index (χ1v) is 13.2. The Labute approximate surface area is 217 Å². The van der Waals surface area contributed by atoms with Crippen molar-refractivity contribution >= 4 is 12.2 Å². The molecule has 1 fully saturated rings. The summed E-state index contributed by atoms with van der Waals surface area (Å²) in [6, 6.07) is 18.8. The molecule has 37 heavy (non-hydrogen) atoms. The zero-order valence-corrected chi connectivity index (χ0v) is 21.5. The molecule has 0 aromatic heterocycles. The Morgan fingerprint density at radius 2 is 1.43 bits per heavy atom. The topological polar surface area (TPSA) is 9.23 Å². The lowest BCUT2D eigenvalue weighted by molar-refractivity contribution is -0.140. The van der Waals surface area contributed by atoms with Gasteiger partial charge in [-0.1, -0.05) is 86.5 Å². The fourth-order valence-electron chi connectivity index (χ4n) is 5.38. The largest absolute Gasteiger partial charge is 0.491 e. The molecule has 4 rings (SSSR count). The van der Waals surface area contributed by atoms with E-state index in [2.05, 4.69) is 31.2 Å². The highest BCUT2D eigenvalue weighted by Crippen LogP contribution is 2.39. The van der Waals surface area contributed by atoms with Crippen LogP contribution in [0.25, 0.3) is 23.3 Å². The van der Waals surface area contributed by atoms with E-state index >= 15 is 0 Å². The zero-order valence-electron chi connectivity index (χ0n) is 21.5. The van der Waals surface area contributed by atoms with Crippen LogP contribution in [0.3, 0.4) is 0 Å². The van der Waals surface area contributed by atoms with Crippen molar-refractivity contribution in [3.63, 3.8) is 0 Å². The zero-order chi connectivity index (χ0) is 26.4. The minimum atomic E-state index is -4.83. The van der Waals surface area contributed by atoms with E-state index in [4.69, 9.17) is 4.74 Å². The molecular formula is C32H34F4O. The molecule has 0 aliphatic heterocycles. The summed E-state index contributed by atoms with van der Waals surface area (Å²) in [4.78, 5) is 0. The number of halogens is 4. The third-order valence-corrected chi connectivity index (χ3v) is 7.35. The van der Waals surface area contributed by atoms with Crippen LogP contribution in [-0.2, 0) is 6.18 Å². The molecule has 3 aromatic rings. The highest BCUT2D eigenvalue weighted by atomic mass is 19.4. The maximum Gasteiger partial charge on any atom is 0.419 e. The molecule has 0 amide bonds. The van der Waals surface area contributed by atoms with Gasteiger partial charge in [0, 0.05) is 0 Å². The van der Waals surface area contributed by atoms with Crippen LogP contribution in [0.2, 0.25) is 0 Å². The predicted molar refractivity (Wildman–Crippen MR) is 143 cm³/mol. The average Bonchev–Trinajstić information content (AvgIpc) is 2.89. The molecule has 0 heterocycles. The lowest BCUT2D eigenvalue weighted by Gasteiger charge is -2.28. The van der Waals surface area contributed by atoms with Crippen LogP contribution in [0.5, 0.6) is 5.75 Å². The van der Waals surface area contributed by atoms with Crippen molar-refractivity contribution in [1.29, 1.82) is 0 Å². The van der Waals surface area contributed by atoms with Gasteiger partial charge in [0.25, 0.3) is 0 Å². The fourth-order valence-corrected chi connectivity index (χ4v) is 5.38. The molecule has 0 saturated heterocycles. The van der Waals surface area contributed by atoms with Gasteiger partial charge in [0.1, 0.15) is 5.56 Å². The molecule has 0 spiro atoms. The van der Waals surface area contributed by atoms with Gasteiger partial charge in [-0.05, 0) is 78.3 Å². The van der Waals surface area contributed by atoms with Crippen LogP contribution in [0.4, 0.5) is 17.6 Å². The maximum atomic E-state index is 14.5. The smallest absolute Gasteiger partial charge is 0.419 e. The first kappa shape index (κ1) is 27.0. The van der Waals surface area contributed by atoms with E-state index in [0.29, 0.717) is 5.92 Å². The minimum Gasteiger partial charge on any atom is -0.491 e. The maximum absolute atomic E-state index is 14.5. The van der Waals surface area contributed by atoms with Gasteiger partial charge in [-0.25, -0.2) is 4.39 Å². The first-order valence-electron chi connectivity index (χ1n) is 13.2. The number of rotatable bonds is 8. The molecule has 0 unspecified atom stereocenters. The van der Waals surface area contributed by atoms with Crippen LogP contribution >= 0.6 is 0 Å². The van der Waals surface area contributed by atoms with Gasteiger partial charge in [-0.15, -0.1) is 0 Å². The van der Waals surface area contributed by atoms with E-state index in [9.17, 15) is 17.6 Å². The Bertz CT molecular complexity index is 1190. The van der Waals surface area contributed by atoms with Gasteiger partial charge < -0.3 is 4.74 Å². The van der Waals surface area contributed by atoms with Crippen molar-refractivity contribution in [2.24, 2.45) is 5.92 Å². The van der Waals surface area contributed by atoms with Gasteiger partial charge in [0.15, 0.2) is 11.6 Å². The van der Waals surface area contributed by atoms with Crippen molar-refractivity contribution in [2.75, 3.05) is 6.61 Å². The molecule has 0 atom stereocenters. The molecule has 1 aliphatic rings. The highest BCUT2D eigenvalue weighted by molar-refractivity contribution is 5.74. The van der Waals surface area contributed by atoms with Crippen molar-refractivity contribution in [2.45, 2.75) is 64.5 Å². The standard InChI is InChI=1S/C32H34F4O/c1-3-5-22-6-11-24(12-7-22)26-16-18-27(19-17-26)25-13-8-23(9-14-25)10-15-28-20-21-29(37-4-2)31(33)30(28)32(34,35)36/h8-10,13-22,24H,3-7,11-12H2,1-2H3/b15-10+. The first-order chi connectivity index (χ1) is 17.8. The van der Waals surface area contributed by atoms with E-state index in [0.717, 1.165) is 22.6 Å². The molecule has 0 bridgehead atoms. The third-order valence-electron chi connectivity index (χ3n) is 7.35. The van der Waals surface area contributed by atoms with Crippen molar-refractivity contribution in [1.82, 2.24) is 0 Å². The average molecular weight is 511 g/mol. The van der Waals surface area contributed by atoms with Crippen molar-refractivity contribution in [3.05, 3.63) is 88.7 Å². The van der Waals surface area contributed by atoms with Crippen molar-refractivity contribution in [3.8, 4) is 16.9 Å². The van der Waals surface area contributed by atoms with Gasteiger partial charge in [0.05, 0.1) is 6.61 Å². The fraction of sp³-hybridized carbons (Fsp3) is 0.375. The molecule has 1 aliphatic carbocycles. The third kappa shape index (κ3) is 6.63. The van der Waals surface area contributed by atoms with Gasteiger partial charge in [-0.3, -0.25) is 0 Å². The van der Waals surface area contributed by atoms with Crippen LogP contribution in [0.1, 0.15) is 80.5 Å². The Hall–Kier alpha value is -3.08. The summed E-state index contributed by atoms with van der Waals surface area (Å²) in [6.07, 6.45) is 5.81. The SMILES string of the molecule is CCCC1CCC(c2ccc(-c3ccc(/C=C/c4ccc(OCC)c(F)c4C(F)(F)F)cc3)cc2)CC1. The number of hydrogen-bond acceptors (Lipinski definition) is 1. The molecular weight excluding hydrogens is 476 g/mol. The van der Waals surface area contributed by atoms with Gasteiger partial charge in [-0.2, -0.15) is 13.2 Å². The summed E-state index contributed by atoms with van der Waals surface area (Å²) in [7, 11) is 0. The van der Waals surface area contributed by atoms with Gasteiger partial charge >= 0.3 is 6.18 Å². The van der Waals surface area contributed by atoms with E-state index in [-0.39, 0.29) is 12.2 Å². The van der Waals surface area contributed by atoms with E-state index in [1.54, 1.807) is 13.0 Å². The number of hydrogen-bond donors (Lipinski definition) is 0. The molecule has 3 aromatic carbocycles. The molecule has 1 nitrogen and oxygen atoms in total. The summed E-state index contributed by atoms with van der Waals surface area (Å²) >= 11 is 0. The molecule has 0 N–H and O–H groups in total. The normalized spacial score (nSPS) is 18.3. The second-order valence-corrected chi connectivity index (χ2v) is 9.86. The summed E-state index contributed by atoms with van der Waals surface area (Å²) in [5, 5.41) is 0. The molecule has 1 saturated carbocycles. The minimum absolute atomic E-state index is 0.0819. The van der Waals surface area contributed by atoms with E-state index in [1.165, 1.54) is 62.3 Å². The lowest BCUT2D eigenvalue weighted by Crippen LogP contribution is -2.13. The van der Waals surface area contributed by atoms with E-state index in [1.807, 2.05) is 24.3 Å². The Kier molecular flexibility index (Phi) is 8.73. The van der Waals surface area contributed by atoms with Crippen molar-refractivity contribution < 1.29 is 22.3 Å². The molecule has 196 valence electrons. The molecule has 0 radical (unpaired) electrons. The van der Waals surface area contributed by atoms with Gasteiger partial charge in [0.2, 0.25) is 0 Å². The second-order valence-electron chi connectivity index (χ2n) is 9.86.